The number of rotatable bonds is 1. The van der Waals surface area contributed by atoms with Gasteiger partial charge >= 0.3 is 0 Å². The third kappa shape index (κ3) is 1.16. The maximum absolute atomic E-state index is 3.08. The topological polar surface area (TPSA) is 15.8 Å². The summed E-state index contributed by atoms with van der Waals surface area (Å²) in [7, 11) is 0. The van der Waals surface area contributed by atoms with Crippen molar-refractivity contribution >= 4 is 21.4 Å². The minimum atomic E-state index is 1.27. The Kier molecular flexibility index (Phi) is 1.67. The van der Waals surface area contributed by atoms with Crippen molar-refractivity contribution in [3.05, 3.63) is 48.8 Å². The van der Waals surface area contributed by atoms with Gasteiger partial charge < -0.3 is 4.98 Å². The molecule has 0 aliphatic heterocycles. The fraction of sp³-hybridized carbons (Fsp3) is 0. The highest BCUT2D eigenvalue weighted by molar-refractivity contribution is 7.22. The zero-order chi connectivity index (χ0) is 9.38. The first-order chi connectivity index (χ1) is 6.93. The number of H-pyrrole nitrogens is 1. The highest BCUT2D eigenvalue weighted by atomic mass is 32.1. The van der Waals surface area contributed by atoms with Crippen molar-refractivity contribution in [1.29, 1.82) is 0 Å². The smallest absolute Gasteiger partial charge is 0.0370 e. The van der Waals surface area contributed by atoms with Crippen molar-refractivity contribution < 1.29 is 0 Å². The van der Waals surface area contributed by atoms with Crippen molar-refractivity contribution in [3.8, 4) is 10.4 Å². The molecule has 0 spiro atoms. The Labute approximate surface area is 86.0 Å². The Bertz CT molecular complexity index is 515. The number of hydrogen-bond donors (Lipinski definition) is 1. The van der Waals surface area contributed by atoms with Crippen molar-refractivity contribution in [1.82, 2.24) is 4.98 Å². The van der Waals surface area contributed by atoms with Crippen LogP contribution < -0.4 is 0 Å². The molecule has 0 saturated carbocycles. The summed E-state index contributed by atoms with van der Waals surface area (Å²) < 4.78 is 1.35. The number of thiophene rings is 1. The molecule has 0 radical (unpaired) electrons. The van der Waals surface area contributed by atoms with Gasteiger partial charge in [0, 0.05) is 27.5 Å². The van der Waals surface area contributed by atoms with Crippen LogP contribution in [0, 0.1) is 0 Å². The molecule has 2 aromatic heterocycles. The van der Waals surface area contributed by atoms with Crippen LogP contribution in [0.25, 0.3) is 20.5 Å². The van der Waals surface area contributed by atoms with E-state index < -0.39 is 0 Å². The molecule has 3 aromatic rings. The van der Waals surface area contributed by atoms with Crippen LogP contribution in [0.1, 0.15) is 0 Å². The molecule has 0 aliphatic rings. The molecule has 3 rings (SSSR count). The Hall–Kier alpha value is -1.54. The van der Waals surface area contributed by atoms with Gasteiger partial charge in [0.15, 0.2) is 0 Å². The molecule has 14 heavy (non-hydrogen) atoms. The van der Waals surface area contributed by atoms with Gasteiger partial charge in [-0.05, 0) is 23.6 Å². The second-order valence-electron chi connectivity index (χ2n) is 3.25. The van der Waals surface area contributed by atoms with Crippen LogP contribution in [-0.4, -0.2) is 4.98 Å². The van der Waals surface area contributed by atoms with Crippen molar-refractivity contribution in [2.45, 2.75) is 0 Å². The van der Waals surface area contributed by atoms with E-state index >= 15 is 0 Å². The maximum Gasteiger partial charge on any atom is 0.0370 e. The van der Waals surface area contributed by atoms with Crippen LogP contribution in [0.2, 0.25) is 0 Å². The molecule has 1 aromatic carbocycles. The molecule has 0 bridgehead atoms. The van der Waals surface area contributed by atoms with E-state index in [0.717, 1.165) is 0 Å². The molecule has 1 N–H and O–H groups in total. The van der Waals surface area contributed by atoms with E-state index in [0.29, 0.717) is 0 Å². The van der Waals surface area contributed by atoms with Gasteiger partial charge in [-0.25, -0.2) is 0 Å². The quantitative estimate of drug-likeness (QED) is 0.612. The van der Waals surface area contributed by atoms with E-state index in [1.807, 2.05) is 23.7 Å². The second kappa shape index (κ2) is 3.00. The van der Waals surface area contributed by atoms with E-state index in [9.17, 15) is 0 Å². The summed E-state index contributed by atoms with van der Waals surface area (Å²) in [5.74, 6) is 0. The monoisotopic (exact) mass is 199 g/mol. The van der Waals surface area contributed by atoms with Gasteiger partial charge in [-0.1, -0.05) is 18.2 Å². The van der Waals surface area contributed by atoms with Crippen LogP contribution in [0.3, 0.4) is 0 Å². The molecular formula is C12H9NS. The molecule has 1 nitrogen and oxygen atoms in total. The van der Waals surface area contributed by atoms with Crippen LogP contribution in [-0.2, 0) is 0 Å². The lowest BCUT2D eigenvalue weighted by atomic mass is 10.2. The summed E-state index contributed by atoms with van der Waals surface area (Å²) >= 11 is 1.83. The molecule has 0 atom stereocenters. The first-order valence-corrected chi connectivity index (χ1v) is 5.37. The lowest BCUT2D eigenvalue weighted by Crippen LogP contribution is -1.60. The van der Waals surface area contributed by atoms with E-state index in [4.69, 9.17) is 0 Å². The molecular weight excluding hydrogens is 190 g/mol. The summed E-state index contributed by atoms with van der Waals surface area (Å²) in [4.78, 5) is 4.41. The molecule has 68 valence electrons. The highest BCUT2D eigenvalue weighted by Gasteiger charge is 2.02. The van der Waals surface area contributed by atoms with Crippen LogP contribution >= 0.6 is 11.3 Å². The Morgan fingerprint density at radius 3 is 2.79 bits per heavy atom. The maximum atomic E-state index is 3.08. The fourth-order valence-corrected chi connectivity index (χ4v) is 2.66. The number of fused-ring (bicyclic) bond motifs is 1. The average molecular weight is 199 g/mol. The average Bonchev–Trinajstić information content (AvgIpc) is 2.86. The number of hydrogen-bond acceptors (Lipinski definition) is 1. The van der Waals surface area contributed by atoms with Gasteiger partial charge in [0.1, 0.15) is 0 Å². The zero-order valence-corrected chi connectivity index (χ0v) is 8.34. The van der Waals surface area contributed by atoms with Gasteiger partial charge in [0.05, 0.1) is 0 Å². The highest BCUT2D eigenvalue weighted by Crippen LogP contribution is 2.32. The molecule has 2 heteroatoms. The minimum Gasteiger partial charge on any atom is -0.367 e. The molecule has 0 saturated heterocycles. The minimum absolute atomic E-state index is 1.27. The fourth-order valence-electron chi connectivity index (χ4n) is 1.60. The van der Waals surface area contributed by atoms with Crippen molar-refractivity contribution in [3.63, 3.8) is 0 Å². The number of nitrogens with one attached hydrogen (secondary N) is 1. The third-order valence-electron chi connectivity index (χ3n) is 2.31. The van der Waals surface area contributed by atoms with Gasteiger partial charge in [0.2, 0.25) is 0 Å². The summed E-state index contributed by atoms with van der Waals surface area (Å²) in [6.07, 6.45) is 3.99. The van der Waals surface area contributed by atoms with Crippen LogP contribution in [0.15, 0.2) is 48.8 Å². The number of aromatic nitrogens is 1. The zero-order valence-electron chi connectivity index (χ0n) is 7.53. The van der Waals surface area contributed by atoms with E-state index in [1.165, 1.54) is 20.5 Å². The largest absolute Gasteiger partial charge is 0.367 e. The molecule has 2 heterocycles. The van der Waals surface area contributed by atoms with Crippen molar-refractivity contribution in [2.75, 3.05) is 0 Å². The first kappa shape index (κ1) is 7.83. The SMILES string of the molecule is c1ccc2sc(-c3cc[nH]c3)cc2c1. The van der Waals surface area contributed by atoms with Gasteiger partial charge in [-0.3, -0.25) is 0 Å². The van der Waals surface area contributed by atoms with E-state index in [-0.39, 0.29) is 0 Å². The number of benzene rings is 1. The first-order valence-electron chi connectivity index (χ1n) is 4.55. The van der Waals surface area contributed by atoms with E-state index in [1.54, 1.807) is 0 Å². The van der Waals surface area contributed by atoms with Crippen LogP contribution in [0.4, 0.5) is 0 Å². The molecule has 0 aliphatic carbocycles. The Balaban J connectivity index is 2.24. The van der Waals surface area contributed by atoms with Gasteiger partial charge in [0.25, 0.3) is 0 Å². The number of aromatic amines is 1. The van der Waals surface area contributed by atoms with Crippen molar-refractivity contribution in [2.24, 2.45) is 0 Å². The Morgan fingerprint density at radius 2 is 2.00 bits per heavy atom. The second-order valence-corrected chi connectivity index (χ2v) is 4.33. The lowest BCUT2D eigenvalue weighted by molar-refractivity contribution is 1.42. The summed E-state index contributed by atoms with van der Waals surface area (Å²) in [5, 5.41) is 1.33. The van der Waals surface area contributed by atoms with Crippen LogP contribution in [0.5, 0.6) is 0 Å². The normalized spacial score (nSPS) is 10.9. The summed E-state index contributed by atoms with van der Waals surface area (Å²) in [5.41, 5.74) is 1.27. The predicted octanol–water partition coefficient (Wildman–Crippen LogP) is 3.90. The van der Waals surface area contributed by atoms with E-state index in [2.05, 4.69) is 41.4 Å². The summed E-state index contributed by atoms with van der Waals surface area (Å²) in [6, 6.07) is 12.8. The summed E-state index contributed by atoms with van der Waals surface area (Å²) in [6.45, 7) is 0. The molecule has 0 unspecified atom stereocenters. The lowest BCUT2D eigenvalue weighted by Gasteiger charge is -1.85. The molecule has 0 amide bonds. The predicted molar refractivity (Wildman–Crippen MR) is 61.6 cm³/mol. The standard InChI is InChI=1S/C12H9NS/c1-2-4-11-9(3-1)7-12(14-11)10-5-6-13-8-10/h1-8,13H. The Morgan fingerprint density at radius 1 is 1.07 bits per heavy atom. The van der Waals surface area contributed by atoms with Gasteiger partial charge in [-0.2, -0.15) is 0 Å². The van der Waals surface area contributed by atoms with Gasteiger partial charge in [-0.15, -0.1) is 11.3 Å². The molecule has 0 fully saturated rings. The third-order valence-corrected chi connectivity index (χ3v) is 3.47.